The van der Waals surface area contributed by atoms with Gasteiger partial charge in [-0.2, -0.15) is 0 Å². The van der Waals surface area contributed by atoms with E-state index < -0.39 is 5.54 Å². The Kier molecular flexibility index (Phi) is 3.43. The molecular weight excluding hydrogens is 232 g/mol. The standard InChI is InChI=1S/C13H18N2O3/c1-13(2,14)8-15-12(16)9-3-4-10-11(7-9)18-6-5-17-10/h3-4,7H,5-6,8,14H2,1-2H3,(H,15,16). The van der Waals surface area contributed by atoms with Crippen molar-refractivity contribution >= 4 is 5.91 Å². The molecule has 0 spiro atoms. The van der Waals surface area contributed by atoms with E-state index in [1.165, 1.54) is 0 Å². The van der Waals surface area contributed by atoms with Crippen LogP contribution in [-0.2, 0) is 0 Å². The number of rotatable bonds is 3. The largest absolute Gasteiger partial charge is 0.486 e. The molecule has 0 unspecified atom stereocenters. The number of nitrogens with one attached hydrogen (secondary N) is 1. The van der Waals surface area contributed by atoms with E-state index >= 15 is 0 Å². The lowest BCUT2D eigenvalue weighted by atomic mass is 10.1. The summed E-state index contributed by atoms with van der Waals surface area (Å²) in [5, 5.41) is 2.79. The highest BCUT2D eigenvalue weighted by atomic mass is 16.6. The molecule has 2 rings (SSSR count). The number of carbonyl (C=O) groups excluding carboxylic acids is 1. The van der Waals surface area contributed by atoms with Crippen LogP contribution in [0.2, 0.25) is 0 Å². The van der Waals surface area contributed by atoms with Crippen LogP contribution in [0.5, 0.6) is 11.5 Å². The molecule has 1 aromatic rings. The summed E-state index contributed by atoms with van der Waals surface area (Å²) >= 11 is 0. The van der Waals surface area contributed by atoms with Gasteiger partial charge < -0.3 is 20.5 Å². The predicted molar refractivity (Wildman–Crippen MR) is 68.0 cm³/mol. The van der Waals surface area contributed by atoms with Gasteiger partial charge in [0.05, 0.1) is 0 Å². The molecule has 0 saturated heterocycles. The van der Waals surface area contributed by atoms with Crippen molar-refractivity contribution < 1.29 is 14.3 Å². The van der Waals surface area contributed by atoms with Crippen molar-refractivity contribution in [1.82, 2.24) is 5.32 Å². The average molecular weight is 250 g/mol. The monoisotopic (exact) mass is 250 g/mol. The van der Waals surface area contributed by atoms with E-state index in [2.05, 4.69) is 5.32 Å². The first-order valence-electron chi connectivity index (χ1n) is 5.92. The van der Waals surface area contributed by atoms with Crippen LogP contribution in [0.15, 0.2) is 18.2 Å². The van der Waals surface area contributed by atoms with Crippen LogP contribution >= 0.6 is 0 Å². The van der Waals surface area contributed by atoms with Crippen LogP contribution in [0.3, 0.4) is 0 Å². The summed E-state index contributed by atoms with van der Waals surface area (Å²) in [4.78, 5) is 11.9. The molecule has 0 saturated carbocycles. The average Bonchev–Trinajstić information content (AvgIpc) is 2.34. The fourth-order valence-corrected chi connectivity index (χ4v) is 1.59. The topological polar surface area (TPSA) is 73.6 Å². The summed E-state index contributed by atoms with van der Waals surface area (Å²) < 4.78 is 10.8. The minimum atomic E-state index is -0.427. The van der Waals surface area contributed by atoms with Gasteiger partial charge in [-0.25, -0.2) is 0 Å². The van der Waals surface area contributed by atoms with Crippen LogP contribution in [0.25, 0.3) is 0 Å². The zero-order valence-electron chi connectivity index (χ0n) is 10.7. The summed E-state index contributed by atoms with van der Waals surface area (Å²) in [5.74, 6) is 1.13. The molecule has 1 amide bonds. The predicted octanol–water partition coefficient (Wildman–Crippen LogP) is 0.925. The molecule has 0 fully saturated rings. The lowest BCUT2D eigenvalue weighted by molar-refractivity contribution is 0.0945. The lowest BCUT2D eigenvalue weighted by Gasteiger charge is -2.20. The van der Waals surface area contributed by atoms with Crippen molar-refractivity contribution in [3.8, 4) is 11.5 Å². The van der Waals surface area contributed by atoms with Crippen molar-refractivity contribution in [2.75, 3.05) is 19.8 Å². The van der Waals surface area contributed by atoms with Gasteiger partial charge in [-0.1, -0.05) is 0 Å². The van der Waals surface area contributed by atoms with Crippen LogP contribution in [0.4, 0.5) is 0 Å². The van der Waals surface area contributed by atoms with Gasteiger partial charge in [0, 0.05) is 17.6 Å². The Morgan fingerprint density at radius 2 is 2.00 bits per heavy atom. The second-order valence-electron chi connectivity index (χ2n) is 5.03. The Morgan fingerprint density at radius 3 is 2.67 bits per heavy atom. The molecule has 1 aliphatic rings. The van der Waals surface area contributed by atoms with Crippen molar-refractivity contribution in [1.29, 1.82) is 0 Å². The third-order valence-electron chi connectivity index (χ3n) is 2.51. The molecule has 18 heavy (non-hydrogen) atoms. The van der Waals surface area contributed by atoms with Gasteiger partial charge in [-0.05, 0) is 32.0 Å². The maximum Gasteiger partial charge on any atom is 0.251 e. The number of fused-ring (bicyclic) bond motifs is 1. The van der Waals surface area contributed by atoms with Crippen LogP contribution < -0.4 is 20.5 Å². The minimum absolute atomic E-state index is 0.162. The molecule has 1 aliphatic heterocycles. The number of benzene rings is 1. The SMILES string of the molecule is CC(C)(N)CNC(=O)c1ccc2c(c1)OCCO2. The van der Waals surface area contributed by atoms with E-state index in [0.29, 0.717) is 36.8 Å². The van der Waals surface area contributed by atoms with E-state index in [4.69, 9.17) is 15.2 Å². The van der Waals surface area contributed by atoms with Crippen LogP contribution in [-0.4, -0.2) is 31.2 Å². The smallest absolute Gasteiger partial charge is 0.251 e. The lowest BCUT2D eigenvalue weighted by Crippen LogP contribution is -2.45. The van der Waals surface area contributed by atoms with E-state index in [1.54, 1.807) is 18.2 Å². The number of carbonyl (C=O) groups is 1. The van der Waals surface area contributed by atoms with Gasteiger partial charge in [0.15, 0.2) is 11.5 Å². The van der Waals surface area contributed by atoms with E-state index in [9.17, 15) is 4.79 Å². The van der Waals surface area contributed by atoms with Gasteiger partial charge in [0.25, 0.3) is 5.91 Å². The molecule has 0 radical (unpaired) electrons. The Bertz CT molecular complexity index is 452. The first kappa shape index (κ1) is 12.7. The number of nitrogens with two attached hydrogens (primary N) is 1. The Labute approximate surface area is 106 Å². The normalized spacial score (nSPS) is 14.2. The number of hydrogen-bond donors (Lipinski definition) is 2. The summed E-state index contributed by atoms with van der Waals surface area (Å²) in [6.07, 6.45) is 0. The number of ether oxygens (including phenoxy) is 2. The summed E-state index contributed by atoms with van der Waals surface area (Å²) in [6.45, 7) is 5.18. The molecule has 5 heteroatoms. The number of hydrogen-bond acceptors (Lipinski definition) is 4. The highest BCUT2D eigenvalue weighted by Gasteiger charge is 2.16. The third kappa shape index (κ3) is 3.13. The fraction of sp³-hybridized carbons (Fsp3) is 0.462. The highest BCUT2D eigenvalue weighted by Crippen LogP contribution is 2.30. The molecule has 0 bridgehead atoms. The van der Waals surface area contributed by atoms with E-state index in [1.807, 2.05) is 13.8 Å². The van der Waals surface area contributed by atoms with Gasteiger partial charge in [0.2, 0.25) is 0 Å². The number of amides is 1. The van der Waals surface area contributed by atoms with Crippen molar-refractivity contribution in [3.63, 3.8) is 0 Å². The second kappa shape index (κ2) is 4.86. The molecule has 98 valence electrons. The third-order valence-corrected chi connectivity index (χ3v) is 2.51. The fourth-order valence-electron chi connectivity index (χ4n) is 1.59. The molecular formula is C13H18N2O3. The molecule has 0 aliphatic carbocycles. The molecule has 0 atom stereocenters. The Balaban J connectivity index is 2.07. The van der Waals surface area contributed by atoms with E-state index in [0.717, 1.165) is 0 Å². The quantitative estimate of drug-likeness (QED) is 0.836. The first-order valence-corrected chi connectivity index (χ1v) is 5.92. The summed E-state index contributed by atoms with van der Waals surface area (Å²) in [6, 6.07) is 5.15. The van der Waals surface area contributed by atoms with Crippen molar-refractivity contribution in [2.45, 2.75) is 19.4 Å². The first-order chi connectivity index (χ1) is 8.46. The van der Waals surface area contributed by atoms with Crippen molar-refractivity contribution in [2.24, 2.45) is 5.73 Å². The Hall–Kier alpha value is -1.75. The molecule has 1 aromatic carbocycles. The summed E-state index contributed by atoms with van der Waals surface area (Å²) in [7, 11) is 0. The highest BCUT2D eigenvalue weighted by molar-refractivity contribution is 5.94. The maximum atomic E-state index is 11.9. The van der Waals surface area contributed by atoms with Crippen LogP contribution in [0, 0.1) is 0 Å². The van der Waals surface area contributed by atoms with E-state index in [-0.39, 0.29) is 5.91 Å². The van der Waals surface area contributed by atoms with Gasteiger partial charge in [-0.3, -0.25) is 4.79 Å². The van der Waals surface area contributed by atoms with Crippen LogP contribution in [0.1, 0.15) is 24.2 Å². The molecule has 3 N–H and O–H groups in total. The zero-order chi connectivity index (χ0) is 13.2. The van der Waals surface area contributed by atoms with Gasteiger partial charge in [-0.15, -0.1) is 0 Å². The minimum Gasteiger partial charge on any atom is -0.486 e. The summed E-state index contributed by atoms with van der Waals surface area (Å²) in [5.41, 5.74) is 5.93. The van der Waals surface area contributed by atoms with Gasteiger partial charge in [0.1, 0.15) is 13.2 Å². The molecule has 1 heterocycles. The molecule has 0 aromatic heterocycles. The Morgan fingerprint density at radius 1 is 1.33 bits per heavy atom. The maximum absolute atomic E-state index is 11.9. The second-order valence-corrected chi connectivity index (χ2v) is 5.03. The van der Waals surface area contributed by atoms with Gasteiger partial charge >= 0.3 is 0 Å². The van der Waals surface area contributed by atoms with Crippen molar-refractivity contribution in [3.05, 3.63) is 23.8 Å². The molecule has 5 nitrogen and oxygen atoms in total. The zero-order valence-corrected chi connectivity index (χ0v) is 10.7.